The molecule has 2 rings (SSSR count). The van der Waals surface area contributed by atoms with Crippen molar-refractivity contribution in [2.75, 3.05) is 5.73 Å². The maximum atomic E-state index is 12.2. The van der Waals surface area contributed by atoms with Gasteiger partial charge in [0.05, 0.1) is 5.69 Å². The Kier molecular flexibility index (Phi) is 2.47. The normalized spacial score (nSPS) is 11.6. The van der Waals surface area contributed by atoms with Crippen LogP contribution in [0.3, 0.4) is 0 Å². The van der Waals surface area contributed by atoms with Gasteiger partial charge in [0, 0.05) is 12.4 Å². The molecule has 0 aliphatic heterocycles. The molecule has 1 aromatic heterocycles. The number of rotatable bonds is 2. The van der Waals surface area contributed by atoms with Crippen LogP contribution in [0.4, 0.5) is 5.69 Å². The van der Waals surface area contributed by atoms with Gasteiger partial charge in [0.1, 0.15) is 4.90 Å². The molecule has 0 spiro atoms. The Morgan fingerprint density at radius 3 is 2.38 bits per heavy atom. The molecule has 0 aliphatic carbocycles. The van der Waals surface area contributed by atoms with Gasteiger partial charge in [-0.25, -0.2) is 12.4 Å². The van der Waals surface area contributed by atoms with E-state index in [-0.39, 0.29) is 4.90 Å². The van der Waals surface area contributed by atoms with Gasteiger partial charge >= 0.3 is 0 Å². The number of nitrogens with zero attached hydrogens (tertiary/aromatic N) is 1. The molecule has 84 valence electrons. The summed E-state index contributed by atoms with van der Waals surface area (Å²) in [5.41, 5.74) is 6.84. The summed E-state index contributed by atoms with van der Waals surface area (Å²) in [6, 6.07) is 8.29. The number of aromatic nitrogens is 1. The lowest BCUT2D eigenvalue weighted by Gasteiger charge is -2.09. The molecule has 16 heavy (non-hydrogen) atoms. The lowest BCUT2D eigenvalue weighted by molar-refractivity contribution is 0.588. The third kappa shape index (κ3) is 1.59. The predicted octanol–water partition coefficient (Wildman–Crippen LogP) is 1.62. The van der Waals surface area contributed by atoms with Crippen LogP contribution in [0.5, 0.6) is 0 Å². The lowest BCUT2D eigenvalue weighted by Crippen LogP contribution is -2.13. The van der Waals surface area contributed by atoms with E-state index in [1.54, 1.807) is 31.2 Å². The number of hydrogen-bond donors (Lipinski definition) is 1. The minimum atomic E-state index is -3.56. The largest absolute Gasteiger partial charge is 0.397 e. The minimum absolute atomic E-state index is 0.142. The molecule has 0 aliphatic rings. The van der Waals surface area contributed by atoms with Crippen LogP contribution < -0.4 is 5.73 Å². The summed E-state index contributed by atoms with van der Waals surface area (Å²) in [5.74, 6) is 0. The Balaban J connectivity index is 2.66. The second kappa shape index (κ2) is 3.68. The summed E-state index contributed by atoms with van der Waals surface area (Å²) >= 11 is 0. The molecule has 0 atom stereocenters. The van der Waals surface area contributed by atoms with Crippen molar-refractivity contribution in [3.8, 4) is 0 Å². The lowest BCUT2D eigenvalue weighted by atomic mass is 10.2. The van der Waals surface area contributed by atoms with Gasteiger partial charge in [0.15, 0.2) is 0 Å². The first kappa shape index (κ1) is 10.8. The van der Waals surface area contributed by atoms with E-state index in [0.717, 1.165) is 9.54 Å². The van der Waals surface area contributed by atoms with Crippen molar-refractivity contribution in [3.05, 3.63) is 48.3 Å². The molecule has 2 aromatic rings. The third-order valence-electron chi connectivity index (χ3n) is 2.42. The second-order valence-corrected chi connectivity index (χ2v) is 5.32. The fraction of sp³-hybridized carbons (Fsp3) is 0.0909. The van der Waals surface area contributed by atoms with Gasteiger partial charge in [0.25, 0.3) is 10.0 Å². The van der Waals surface area contributed by atoms with E-state index in [9.17, 15) is 8.42 Å². The maximum Gasteiger partial charge on any atom is 0.269 e. The molecular formula is C11H12N2O2S. The van der Waals surface area contributed by atoms with E-state index in [2.05, 4.69) is 0 Å². The van der Waals surface area contributed by atoms with Gasteiger partial charge < -0.3 is 5.73 Å². The topological polar surface area (TPSA) is 65.1 Å². The first-order chi connectivity index (χ1) is 7.53. The van der Waals surface area contributed by atoms with Crippen molar-refractivity contribution in [2.24, 2.45) is 0 Å². The van der Waals surface area contributed by atoms with Crippen LogP contribution in [0.1, 0.15) is 5.56 Å². The first-order valence-electron chi connectivity index (χ1n) is 4.77. The fourth-order valence-electron chi connectivity index (χ4n) is 1.47. The van der Waals surface area contributed by atoms with Gasteiger partial charge in [-0.15, -0.1) is 0 Å². The van der Waals surface area contributed by atoms with Gasteiger partial charge in [0.2, 0.25) is 0 Å². The number of aryl methyl sites for hydroxylation is 1. The average Bonchev–Trinajstić information content (AvgIpc) is 2.75. The van der Waals surface area contributed by atoms with Crippen LogP contribution in [-0.2, 0) is 10.0 Å². The molecule has 0 radical (unpaired) electrons. The molecule has 0 unspecified atom stereocenters. The molecule has 2 N–H and O–H groups in total. The van der Waals surface area contributed by atoms with E-state index in [4.69, 9.17) is 5.73 Å². The van der Waals surface area contributed by atoms with E-state index in [1.165, 1.54) is 18.5 Å². The number of nitrogen functional groups attached to an aromatic ring is 1. The Bertz CT molecular complexity index is 601. The zero-order valence-corrected chi connectivity index (χ0v) is 9.61. The molecule has 4 nitrogen and oxygen atoms in total. The average molecular weight is 236 g/mol. The number of benzene rings is 1. The Morgan fingerprint density at radius 1 is 1.12 bits per heavy atom. The van der Waals surface area contributed by atoms with E-state index in [0.29, 0.717) is 5.69 Å². The number of anilines is 1. The summed E-state index contributed by atoms with van der Waals surface area (Å²) in [7, 11) is -3.56. The summed E-state index contributed by atoms with van der Waals surface area (Å²) < 4.78 is 25.5. The Labute approximate surface area is 94.4 Å². The molecule has 0 bridgehead atoms. The highest BCUT2D eigenvalue weighted by molar-refractivity contribution is 7.90. The number of hydrogen-bond acceptors (Lipinski definition) is 3. The van der Waals surface area contributed by atoms with Crippen LogP contribution in [0.25, 0.3) is 0 Å². The van der Waals surface area contributed by atoms with E-state index >= 15 is 0 Å². The highest BCUT2D eigenvalue weighted by atomic mass is 32.2. The highest BCUT2D eigenvalue weighted by Crippen LogP contribution is 2.23. The van der Waals surface area contributed by atoms with Gasteiger partial charge in [-0.1, -0.05) is 12.1 Å². The molecule has 1 heterocycles. The molecule has 0 amide bonds. The summed E-state index contributed by atoms with van der Waals surface area (Å²) in [6.07, 6.45) is 2.97. The zero-order valence-electron chi connectivity index (χ0n) is 8.79. The van der Waals surface area contributed by atoms with Crippen molar-refractivity contribution >= 4 is 15.7 Å². The molecule has 5 heteroatoms. The third-order valence-corrected chi connectivity index (χ3v) is 4.13. The summed E-state index contributed by atoms with van der Waals surface area (Å²) in [5, 5.41) is 0. The smallest absolute Gasteiger partial charge is 0.269 e. The molecule has 0 saturated carbocycles. The summed E-state index contributed by atoms with van der Waals surface area (Å²) in [6.45, 7) is 1.78. The zero-order chi connectivity index (χ0) is 11.8. The standard InChI is InChI=1S/C11H12N2O2S/c1-9-5-4-6-10(11(9)12)16(14,15)13-7-2-3-8-13/h2-8H,12H2,1H3. The maximum absolute atomic E-state index is 12.2. The van der Waals surface area contributed by atoms with Crippen LogP contribution in [-0.4, -0.2) is 12.4 Å². The SMILES string of the molecule is Cc1cccc(S(=O)(=O)n2cccc2)c1N. The first-order valence-corrected chi connectivity index (χ1v) is 6.21. The fourth-order valence-corrected chi connectivity index (χ4v) is 2.85. The van der Waals surface area contributed by atoms with Crippen molar-refractivity contribution in [1.29, 1.82) is 0 Å². The minimum Gasteiger partial charge on any atom is -0.397 e. The number of nitrogens with two attached hydrogens (primary N) is 1. The second-order valence-electron chi connectivity index (χ2n) is 3.50. The molecule has 1 aromatic carbocycles. The van der Waals surface area contributed by atoms with Crippen molar-refractivity contribution < 1.29 is 8.42 Å². The van der Waals surface area contributed by atoms with Crippen LogP contribution in [0.2, 0.25) is 0 Å². The Hall–Kier alpha value is -1.75. The number of para-hydroxylation sites is 1. The molecular weight excluding hydrogens is 224 g/mol. The van der Waals surface area contributed by atoms with E-state index < -0.39 is 10.0 Å². The van der Waals surface area contributed by atoms with Crippen molar-refractivity contribution in [3.63, 3.8) is 0 Å². The van der Waals surface area contributed by atoms with E-state index in [1.807, 2.05) is 0 Å². The van der Waals surface area contributed by atoms with Gasteiger partial charge in [-0.2, -0.15) is 0 Å². The molecule has 0 saturated heterocycles. The Morgan fingerprint density at radius 2 is 1.75 bits per heavy atom. The summed E-state index contributed by atoms with van der Waals surface area (Å²) in [4.78, 5) is 0.142. The van der Waals surface area contributed by atoms with Gasteiger partial charge in [-0.05, 0) is 30.7 Å². The quantitative estimate of drug-likeness (QED) is 0.806. The predicted molar refractivity (Wildman–Crippen MR) is 62.6 cm³/mol. The van der Waals surface area contributed by atoms with Crippen molar-refractivity contribution in [1.82, 2.24) is 3.97 Å². The van der Waals surface area contributed by atoms with Crippen LogP contribution in [0, 0.1) is 6.92 Å². The van der Waals surface area contributed by atoms with Gasteiger partial charge in [-0.3, -0.25) is 0 Å². The molecule has 0 fully saturated rings. The highest BCUT2D eigenvalue weighted by Gasteiger charge is 2.19. The van der Waals surface area contributed by atoms with Crippen LogP contribution in [0.15, 0.2) is 47.6 Å². The van der Waals surface area contributed by atoms with Crippen molar-refractivity contribution in [2.45, 2.75) is 11.8 Å². The van der Waals surface area contributed by atoms with Crippen LogP contribution >= 0.6 is 0 Å². The monoisotopic (exact) mass is 236 g/mol.